The highest BCUT2D eigenvalue weighted by Crippen LogP contribution is 2.76. The highest BCUT2D eigenvalue weighted by molar-refractivity contribution is 5.77. The number of hydrogen-bond donors (Lipinski definition) is 3. The van der Waals surface area contributed by atoms with Crippen molar-refractivity contribution in [2.75, 3.05) is 0 Å². The van der Waals surface area contributed by atoms with Crippen LogP contribution in [0.3, 0.4) is 0 Å². The van der Waals surface area contributed by atoms with Gasteiger partial charge in [-0.1, -0.05) is 53.2 Å². The molecule has 196 valence electrons. The van der Waals surface area contributed by atoms with Crippen molar-refractivity contribution in [3.63, 3.8) is 0 Å². The van der Waals surface area contributed by atoms with Crippen molar-refractivity contribution in [1.29, 1.82) is 0 Å². The minimum atomic E-state index is -1.09. The second kappa shape index (κ2) is 7.43. The second-order valence-corrected chi connectivity index (χ2v) is 14.8. The molecule has 4 fully saturated rings. The van der Waals surface area contributed by atoms with Gasteiger partial charge in [-0.2, -0.15) is 0 Å². The van der Waals surface area contributed by atoms with Crippen LogP contribution in [0.25, 0.3) is 0 Å². The highest BCUT2D eigenvalue weighted by atomic mass is 16.4. The van der Waals surface area contributed by atoms with Gasteiger partial charge in [0, 0.05) is 0 Å². The predicted molar refractivity (Wildman–Crippen MR) is 134 cm³/mol. The van der Waals surface area contributed by atoms with Gasteiger partial charge in [-0.05, 0) is 97.2 Å². The number of aldehydes is 1. The number of fused-ring (bicyclic) bond motifs is 7. The minimum Gasteiger partial charge on any atom is -0.481 e. The van der Waals surface area contributed by atoms with Crippen LogP contribution in [-0.4, -0.2) is 39.8 Å². The van der Waals surface area contributed by atoms with E-state index in [0.29, 0.717) is 25.2 Å². The lowest BCUT2D eigenvalue weighted by Gasteiger charge is -2.72. The zero-order valence-corrected chi connectivity index (χ0v) is 22.6. The molecule has 0 saturated heterocycles. The molecule has 0 heterocycles. The molecular weight excluding hydrogens is 440 g/mol. The lowest BCUT2D eigenvalue weighted by molar-refractivity contribution is -0.221. The van der Waals surface area contributed by atoms with Crippen LogP contribution >= 0.6 is 0 Å². The van der Waals surface area contributed by atoms with E-state index in [0.717, 1.165) is 44.8 Å². The third-order valence-electron chi connectivity index (χ3n) is 13.2. The molecule has 0 aromatic carbocycles. The van der Waals surface area contributed by atoms with Gasteiger partial charge in [-0.15, -0.1) is 0 Å². The molecule has 5 heteroatoms. The third-order valence-corrected chi connectivity index (χ3v) is 13.2. The van der Waals surface area contributed by atoms with E-state index in [9.17, 15) is 24.9 Å². The van der Waals surface area contributed by atoms with Gasteiger partial charge in [-0.25, -0.2) is 0 Å². The maximum atomic E-state index is 12.8. The molecule has 0 aromatic heterocycles. The lowest BCUT2D eigenvalue weighted by atomic mass is 9.32. The summed E-state index contributed by atoms with van der Waals surface area (Å²) in [6, 6.07) is 0. The first kappa shape index (κ1) is 25.4. The minimum absolute atomic E-state index is 0.0486. The van der Waals surface area contributed by atoms with Crippen molar-refractivity contribution < 1.29 is 24.9 Å². The Morgan fingerprint density at radius 3 is 2.23 bits per heavy atom. The van der Waals surface area contributed by atoms with Gasteiger partial charge in [-0.3, -0.25) is 4.79 Å². The fraction of sp³-hybridized carbons (Fsp3) is 0.867. The summed E-state index contributed by atoms with van der Waals surface area (Å²) in [5, 5.41) is 33.0. The second-order valence-electron chi connectivity index (χ2n) is 14.8. The maximum Gasteiger partial charge on any atom is 0.312 e. The number of rotatable bonds is 2. The molecule has 5 aliphatic carbocycles. The average molecular weight is 487 g/mol. The largest absolute Gasteiger partial charge is 0.481 e. The number of aliphatic carboxylic acids is 1. The first-order valence-corrected chi connectivity index (χ1v) is 13.9. The molecule has 0 unspecified atom stereocenters. The van der Waals surface area contributed by atoms with Crippen LogP contribution in [0.1, 0.15) is 99.3 Å². The van der Waals surface area contributed by atoms with Crippen molar-refractivity contribution in [2.45, 2.75) is 112 Å². The van der Waals surface area contributed by atoms with E-state index >= 15 is 0 Å². The number of carboxylic acid groups (broad SMARTS) is 1. The zero-order chi connectivity index (χ0) is 25.8. The van der Waals surface area contributed by atoms with E-state index in [1.165, 1.54) is 5.57 Å². The summed E-state index contributed by atoms with van der Waals surface area (Å²) in [5.41, 5.74) is -0.966. The first-order chi connectivity index (χ1) is 16.1. The van der Waals surface area contributed by atoms with Gasteiger partial charge in [0.25, 0.3) is 0 Å². The third kappa shape index (κ3) is 2.89. The number of aliphatic hydroxyl groups excluding tert-OH is 2. The number of hydrogen-bond acceptors (Lipinski definition) is 4. The molecule has 5 nitrogen and oxygen atoms in total. The Hall–Kier alpha value is -1.20. The standard InChI is InChI=1S/C30H46O5/c1-25(2)13-14-30(24(34)35)21(15-25)20-9-11-27(4)19-7-8-22(32)26(3,17-31)18(19)10-12-29(27,6)28(20,5)16-23(30)33/h9,17-19,21-23,32-33H,7-8,10-16H2,1-6H3,(H,34,35)/t18-,19-,21+,22+,23-,26+,27-,28-,29-,30-/m1/s1. The van der Waals surface area contributed by atoms with Gasteiger partial charge >= 0.3 is 5.97 Å². The molecule has 0 bridgehead atoms. The van der Waals surface area contributed by atoms with Crippen molar-refractivity contribution >= 4 is 12.3 Å². The Labute approximate surface area is 210 Å². The van der Waals surface area contributed by atoms with Gasteiger partial charge < -0.3 is 20.1 Å². The zero-order valence-electron chi connectivity index (χ0n) is 22.6. The molecule has 5 rings (SSSR count). The number of carbonyl (C=O) groups is 2. The predicted octanol–water partition coefficient (Wildman–Crippen LogP) is 5.38. The number of aliphatic hydroxyl groups is 2. The Morgan fingerprint density at radius 1 is 0.914 bits per heavy atom. The van der Waals surface area contributed by atoms with Crippen molar-refractivity contribution in [3.05, 3.63) is 11.6 Å². The van der Waals surface area contributed by atoms with Crippen molar-refractivity contribution in [2.24, 2.45) is 50.2 Å². The van der Waals surface area contributed by atoms with Crippen molar-refractivity contribution in [1.82, 2.24) is 0 Å². The first-order valence-electron chi connectivity index (χ1n) is 13.9. The molecule has 0 spiro atoms. The van der Waals surface area contributed by atoms with Gasteiger partial charge in [0.05, 0.1) is 17.6 Å². The van der Waals surface area contributed by atoms with E-state index in [2.05, 4.69) is 40.7 Å². The lowest BCUT2D eigenvalue weighted by Crippen LogP contribution is -2.68. The fourth-order valence-corrected chi connectivity index (χ4v) is 10.4. The number of allylic oxidation sites excluding steroid dienone is 2. The van der Waals surface area contributed by atoms with Gasteiger partial charge in [0.15, 0.2) is 0 Å². The Bertz CT molecular complexity index is 970. The van der Waals surface area contributed by atoms with Crippen LogP contribution in [0.4, 0.5) is 0 Å². The summed E-state index contributed by atoms with van der Waals surface area (Å²) in [5.74, 6) is -0.509. The van der Waals surface area contributed by atoms with Crippen LogP contribution in [0.5, 0.6) is 0 Å². The monoisotopic (exact) mass is 486 g/mol. The topological polar surface area (TPSA) is 94.8 Å². The number of carbonyl (C=O) groups excluding carboxylic acids is 1. The normalized spacial score (nSPS) is 54.9. The fourth-order valence-electron chi connectivity index (χ4n) is 10.4. The summed E-state index contributed by atoms with van der Waals surface area (Å²) in [7, 11) is 0. The van der Waals surface area contributed by atoms with Crippen molar-refractivity contribution in [3.8, 4) is 0 Å². The smallest absolute Gasteiger partial charge is 0.312 e. The molecular formula is C30H46O5. The summed E-state index contributed by atoms with van der Waals surface area (Å²) < 4.78 is 0. The molecule has 3 N–H and O–H groups in total. The van der Waals surface area contributed by atoms with E-state index < -0.39 is 29.0 Å². The van der Waals surface area contributed by atoms with Crippen LogP contribution < -0.4 is 0 Å². The molecule has 4 saturated carbocycles. The Kier molecular flexibility index (Phi) is 5.40. The summed E-state index contributed by atoms with van der Waals surface area (Å²) in [6.45, 7) is 13.5. The van der Waals surface area contributed by atoms with E-state index in [1.54, 1.807) is 0 Å². The Morgan fingerprint density at radius 2 is 1.60 bits per heavy atom. The van der Waals surface area contributed by atoms with Crippen LogP contribution in [0, 0.1) is 50.2 Å². The van der Waals surface area contributed by atoms with E-state index in [-0.39, 0.29) is 33.5 Å². The number of carboxylic acids is 1. The molecule has 35 heavy (non-hydrogen) atoms. The molecule has 0 aromatic rings. The molecule has 0 radical (unpaired) electrons. The molecule has 0 amide bonds. The van der Waals surface area contributed by atoms with E-state index in [1.807, 2.05) is 6.92 Å². The quantitative estimate of drug-likeness (QED) is 0.360. The molecule has 10 atom stereocenters. The summed E-state index contributed by atoms with van der Waals surface area (Å²) >= 11 is 0. The average Bonchev–Trinajstić information content (AvgIpc) is 2.77. The van der Waals surface area contributed by atoms with Gasteiger partial charge in [0.2, 0.25) is 0 Å². The van der Waals surface area contributed by atoms with Crippen LogP contribution in [-0.2, 0) is 9.59 Å². The van der Waals surface area contributed by atoms with E-state index in [4.69, 9.17) is 0 Å². The summed E-state index contributed by atoms with van der Waals surface area (Å²) in [6.07, 6.45) is 8.84. The maximum absolute atomic E-state index is 12.8. The summed E-state index contributed by atoms with van der Waals surface area (Å²) in [4.78, 5) is 25.1. The molecule has 5 aliphatic rings. The molecule has 0 aliphatic heterocycles. The van der Waals surface area contributed by atoms with Crippen LogP contribution in [0.2, 0.25) is 0 Å². The highest BCUT2D eigenvalue weighted by Gasteiger charge is 2.72. The van der Waals surface area contributed by atoms with Gasteiger partial charge in [0.1, 0.15) is 11.7 Å². The van der Waals surface area contributed by atoms with Crippen LogP contribution in [0.15, 0.2) is 11.6 Å². The Balaban J connectivity index is 1.64. The SMILES string of the molecule is CC1(C)CC[C@]2(C(=O)O)[C@H](O)C[C@]3(C)C(=CC[C@]4(C)[C@@H]5CC[C@H](O)[C@@](C)(C=O)[C@@H]5CC[C@@]34C)[C@@H]2C1.